The minimum Gasteiger partial charge on any atom is -0.471 e. The molecular weight excluding hydrogens is 540 g/mol. The summed E-state index contributed by atoms with van der Waals surface area (Å²) in [6.07, 6.45) is 0.0961. The molecule has 0 saturated heterocycles. The van der Waals surface area contributed by atoms with Crippen LogP contribution in [0.15, 0.2) is 65.4 Å². The van der Waals surface area contributed by atoms with Crippen molar-refractivity contribution < 1.29 is 27.5 Å². The van der Waals surface area contributed by atoms with E-state index in [-0.39, 0.29) is 49.9 Å². The van der Waals surface area contributed by atoms with Crippen molar-refractivity contribution in [1.82, 2.24) is 14.8 Å². The van der Waals surface area contributed by atoms with Gasteiger partial charge >= 0.3 is 0 Å². The predicted octanol–water partition coefficient (Wildman–Crippen LogP) is 6.38. The summed E-state index contributed by atoms with van der Waals surface area (Å²) in [5, 5.41) is 7.19. The minimum atomic E-state index is -2.86. The van der Waals surface area contributed by atoms with Gasteiger partial charge in [0.1, 0.15) is 26.9 Å². The zero-order valence-electron chi connectivity index (χ0n) is 21.8. The van der Waals surface area contributed by atoms with Gasteiger partial charge in [0.15, 0.2) is 12.4 Å². The zero-order chi connectivity index (χ0) is 28.6. The molecule has 206 valence electrons. The van der Waals surface area contributed by atoms with E-state index in [0.29, 0.717) is 5.75 Å². The number of pyridine rings is 1. The fourth-order valence-corrected chi connectivity index (χ4v) is 5.09. The number of carbonyl (C=O) groups excluding carboxylic acids is 2. The number of alkyl halides is 2. The molecule has 0 saturated carbocycles. The van der Waals surface area contributed by atoms with Crippen LogP contribution < -0.4 is 15.8 Å². The number of rotatable bonds is 8. The van der Waals surface area contributed by atoms with Gasteiger partial charge in [-0.25, -0.2) is 18.4 Å². The lowest BCUT2D eigenvalue weighted by Crippen LogP contribution is -2.18. The minimum absolute atomic E-state index is 0.0188. The molecule has 5 aromatic rings. The van der Waals surface area contributed by atoms with Crippen molar-refractivity contribution in [2.75, 3.05) is 5.32 Å². The number of carbonyl (C=O) groups is 2. The summed E-state index contributed by atoms with van der Waals surface area (Å²) < 4.78 is 39.8. The van der Waals surface area contributed by atoms with Crippen LogP contribution in [0.5, 0.6) is 5.75 Å². The fraction of sp³-hybridized carbons (Fsp3) is 0.214. The number of amides is 2. The number of hydrogen-bond acceptors (Lipinski definition) is 7. The van der Waals surface area contributed by atoms with Crippen molar-refractivity contribution in [1.29, 1.82) is 0 Å². The molecule has 0 aliphatic carbocycles. The molecular formula is C28H25F2N5O4S. The third-order valence-corrected chi connectivity index (χ3v) is 7.21. The quantitative estimate of drug-likeness (QED) is 0.225. The van der Waals surface area contributed by atoms with E-state index in [1.165, 1.54) is 28.6 Å². The van der Waals surface area contributed by atoms with E-state index in [9.17, 15) is 18.4 Å². The summed E-state index contributed by atoms with van der Waals surface area (Å²) in [4.78, 5) is 29.5. The van der Waals surface area contributed by atoms with E-state index in [1.54, 1.807) is 18.3 Å². The molecule has 40 heavy (non-hydrogen) atoms. The lowest BCUT2D eigenvalue weighted by atomic mass is 9.87. The number of anilines is 1. The molecule has 12 heteroatoms. The van der Waals surface area contributed by atoms with Crippen LogP contribution in [-0.2, 0) is 12.1 Å². The lowest BCUT2D eigenvalue weighted by molar-refractivity contribution is 0.100. The number of halogens is 2. The van der Waals surface area contributed by atoms with Gasteiger partial charge in [0.2, 0.25) is 0 Å². The molecule has 0 fully saturated rings. The van der Waals surface area contributed by atoms with Gasteiger partial charge in [-0.3, -0.25) is 9.59 Å². The summed E-state index contributed by atoms with van der Waals surface area (Å²) in [5.74, 6) is -0.584. The Hall–Kier alpha value is -4.58. The number of fused-ring (bicyclic) bond motifs is 1. The van der Waals surface area contributed by atoms with Crippen molar-refractivity contribution in [2.45, 2.75) is 39.3 Å². The van der Waals surface area contributed by atoms with Crippen molar-refractivity contribution >= 4 is 39.1 Å². The van der Waals surface area contributed by atoms with E-state index in [2.05, 4.69) is 36.2 Å². The van der Waals surface area contributed by atoms with Crippen LogP contribution in [0.2, 0.25) is 0 Å². The van der Waals surface area contributed by atoms with Gasteiger partial charge < -0.3 is 20.2 Å². The highest BCUT2D eigenvalue weighted by Crippen LogP contribution is 2.42. The van der Waals surface area contributed by atoms with Crippen LogP contribution in [0.25, 0.3) is 21.5 Å². The number of benzene rings is 1. The first-order valence-corrected chi connectivity index (χ1v) is 13.0. The Labute approximate surface area is 231 Å². The van der Waals surface area contributed by atoms with Gasteiger partial charge in [0.25, 0.3) is 18.2 Å². The van der Waals surface area contributed by atoms with Gasteiger partial charge in [-0.2, -0.15) is 5.10 Å². The average Bonchev–Trinajstić information content (AvgIpc) is 3.67. The largest absolute Gasteiger partial charge is 0.471 e. The summed E-state index contributed by atoms with van der Waals surface area (Å²) in [6.45, 7) is 6.43. The molecule has 9 nitrogen and oxygen atoms in total. The van der Waals surface area contributed by atoms with Gasteiger partial charge in [-0.1, -0.05) is 32.9 Å². The van der Waals surface area contributed by atoms with E-state index >= 15 is 0 Å². The average molecular weight is 566 g/mol. The lowest BCUT2D eigenvalue weighted by Gasteiger charge is -2.19. The topological polar surface area (TPSA) is 125 Å². The van der Waals surface area contributed by atoms with E-state index in [1.807, 2.05) is 24.3 Å². The van der Waals surface area contributed by atoms with Crippen LogP contribution in [0.3, 0.4) is 0 Å². The molecule has 0 bridgehead atoms. The first-order chi connectivity index (χ1) is 19.0. The highest BCUT2D eigenvalue weighted by atomic mass is 32.1. The van der Waals surface area contributed by atoms with Crippen LogP contribution in [0.1, 0.15) is 58.6 Å². The predicted molar refractivity (Wildman–Crippen MR) is 147 cm³/mol. The van der Waals surface area contributed by atoms with Gasteiger partial charge in [0, 0.05) is 17.1 Å². The standard InChI is InChI=1S/C28H25F2N5O4S/c1-28(2,3)15-6-8-16(9-7-15)39-14-35-11-10-18(34-35)26(37)33-22-21-17(20-5-4-12-38-20)13-19(24(29)30)32-27(21)40-23(22)25(31)36/h4-13,24H,14H2,1-3H3,(H2,31,36)(H,33,37). The van der Waals surface area contributed by atoms with Crippen LogP contribution in [0, 0.1) is 0 Å². The Morgan fingerprint density at radius 3 is 2.55 bits per heavy atom. The van der Waals surface area contributed by atoms with Crippen molar-refractivity contribution in [2.24, 2.45) is 5.73 Å². The zero-order valence-corrected chi connectivity index (χ0v) is 22.6. The number of primary amides is 1. The Kier molecular flexibility index (Phi) is 7.11. The van der Waals surface area contributed by atoms with Gasteiger partial charge in [-0.15, -0.1) is 11.3 Å². The molecule has 2 amide bonds. The Bertz CT molecular complexity index is 1690. The molecule has 3 N–H and O–H groups in total. The van der Waals surface area contributed by atoms with Crippen molar-refractivity contribution in [3.8, 4) is 17.1 Å². The van der Waals surface area contributed by atoms with Crippen LogP contribution in [-0.4, -0.2) is 26.6 Å². The maximum atomic E-state index is 13.6. The SMILES string of the molecule is CC(C)(C)c1ccc(OCn2ccc(C(=O)Nc3c(C(N)=O)sc4nc(C(F)F)cc(-c5ccco5)c34)n2)cc1. The highest BCUT2D eigenvalue weighted by Gasteiger charge is 2.26. The van der Waals surface area contributed by atoms with Crippen molar-refractivity contribution in [3.05, 3.63) is 82.8 Å². The normalized spacial score (nSPS) is 11.8. The maximum absolute atomic E-state index is 13.6. The molecule has 0 atom stereocenters. The second-order valence-corrected chi connectivity index (χ2v) is 11.0. The third-order valence-electron chi connectivity index (χ3n) is 6.11. The first-order valence-electron chi connectivity index (χ1n) is 12.2. The Balaban J connectivity index is 1.41. The molecule has 4 aromatic heterocycles. The molecule has 0 aliphatic heterocycles. The van der Waals surface area contributed by atoms with E-state index in [0.717, 1.165) is 11.3 Å². The number of aromatic nitrogens is 3. The first kappa shape index (κ1) is 27.0. The molecule has 0 unspecified atom stereocenters. The Morgan fingerprint density at radius 2 is 1.93 bits per heavy atom. The summed E-state index contributed by atoms with van der Waals surface area (Å²) in [5.41, 5.74) is 6.59. The smallest absolute Gasteiger partial charge is 0.280 e. The van der Waals surface area contributed by atoms with E-state index < -0.39 is 23.9 Å². The molecule has 0 radical (unpaired) electrons. The molecule has 1 aromatic carbocycles. The van der Waals surface area contributed by atoms with Gasteiger partial charge in [-0.05, 0) is 47.4 Å². The maximum Gasteiger partial charge on any atom is 0.280 e. The number of nitrogens with one attached hydrogen (secondary N) is 1. The highest BCUT2D eigenvalue weighted by molar-refractivity contribution is 7.21. The number of hydrogen-bond donors (Lipinski definition) is 2. The number of thiophene rings is 1. The van der Waals surface area contributed by atoms with E-state index in [4.69, 9.17) is 14.9 Å². The number of nitrogens with two attached hydrogens (primary N) is 1. The number of ether oxygens (including phenoxy) is 1. The van der Waals surface area contributed by atoms with Crippen LogP contribution >= 0.6 is 11.3 Å². The Morgan fingerprint density at radius 1 is 1.18 bits per heavy atom. The second-order valence-electron chi connectivity index (χ2n) is 9.97. The summed E-state index contributed by atoms with van der Waals surface area (Å²) in [7, 11) is 0. The second kappa shape index (κ2) is 10.5. The van der Waals surface area contributed by atoms with Crippen molar-refractivity contribution in [3.63, 3.8) is 0 Å². The van der Waals surface area contributed by atoms with Gasteiger partial charge in [0.05, 0.1) is 12.0 Å². The summed E-state index contributed by atoms with van der Waals surface area (Å²) >= 11 is 0.804. The van der Waals surface area contributed by atoms with Crippen LogP contribution in [0.4, 0.5) is 14.5 Å². The molecule has 0 spiro atoms. The molecule has 0 aliphatic rings. The monoisotopic (exact) mass is 565 g/mol. The fourth-order valence-electron chi connectivity index (χ4n) is 4.07. The molecule has 4 heterocycles. The number of furan rings is 1. The summed E-state index contributed by atoms with van der Waals surface area (Å²) in [6, 6.07) is 13.6. The number of nitrogens with zero attached hydrogens (tertiary/aromatic N) is 3. The third kappa shape index (κ3) is 5.43. The molecule has 5 rings (SSSR count).